The molecule has 2 N–H and O–H groups in total. The van der Waals surface area contributed by atoms with Gasteiger partial charge in [-0.05, 0) is 24.6 Å². The largest absolute Gasteiger partial charge is 0.459 e. The minimum atomic E-state index is -0.785. The summed E-state index contributed by atoms with van der Waals surface area (Å²) < 4.78 is 5.15. The number of nitrogens with zero attached hydrogens (tertiary/aromatic N) is 1. The van der Waals surface area contributed by atoms with Crippen LogP contribution in [-0.2, 0) is 11.2 Å². The number of aromatic nitrogens is 1. The predicted octanol–water partition coefficient (Wildman–Crippen LogP) is 4.69. The summed E-state index contributed by atoms with van der Waals surface area (Å²) in [5.74, 6) is -0.629. The van der Waals surface area contributed by atoms with Crippen molar-refractivity contribution in [3.8, 4) is 11.3 Å². The Morgan fingerprint density at radius 1 is 1.03 bits per heavy atom. The van der Waals surface area contributed by atoms with E-state index >= 15 is 0 Å². The van der Waals surface area contributed by atoms with Crippen molar-refractivity contribution in [2.24, 2.45) is 0 Å². The van der Waals surface area contributed by atoms with Crippen molar-refractivity contribution < 1.29 is 14.0 Å². The van der Waals surface area contributed by atoms with Crippen molar-refractivity contribution in [2.45, 2.75) is 19.4 Å². The Kier molecular flexibility index (Phi) is 6.24. The van der Waals surface area contributed by atoms with Crippen LogP contribution in [0, 0.1) is 6.92 Å². The van der Waals surface area contributed by atoms with E-state index in [4.69, 9.17) is 4.42 Å². The molecule has 4 rings (SSSR count). The molecular formula is C24H21N3O3S. The van der Waals surface area contributed by atoms with Crippen molar-refractivity contribution in [3.63, 3.8) is 0 Å². The fourth-order valence-electron chi connectivity index (χ4n) is 3.08. The highest BCUT2D eigenvalue weighted by Crippen LogP contribution is 2.25. The first-order valence-electron chi connectivity index (χ1n) is 9.80. The van der Waals surface area contributed by atoms with Gasteiger partial charge < -0.3 is 15.1 Å². The summed E-state index contributed by atoms with van der Waals surface area (Å²) in [4.78, 5) is 30.0. The molecule has 2 aromatic carbocycles. The van der Waals surface area contributed by atoms with Crippen molar-refractivity contribution in [1.82, 2.24) is 10.3 Å². The number of anilines is 1. The molecule has 6 nitrogen and oxygen atoms in total. The highest BCUT2D eigenvalue weighted by molar-refractivity contribution is 7.14. The fraction of sp³-hybridized carbons (Fsp3) is 0.125. The van der Waals surface area contributed by atoms with Crippen LogP contribution in [0.25, 0.3) is 11.3 Å². The van der Waals surface area contributed by atoms with Gasteiger partial charge in [-0.1, -0.05) is 60.2 Å². The predicted molar refractivity (Wildman–Crippen MR) is 121 cm³/mol. The van der Waals surface area contributed by atoms with Gasteiger partial charge in [0.1, 0.15) is 6.04 Å². The van der Waals surface area contributed by atoms with E-state index in [1.807, 2.05) is 66.9 Å². The Balaban J connectivity index is 1.50. The first-order chi connectivity index (χ1) is 15.1. The summed E-state index contributed by atoms with van der Waals surface area (Å²) in [6, 6.07) is 20.0. The van der Waals surface area contributed by atoms with Crippen LogP contribution < -0.4 is 10.6 Å². The van der Waals surface area contributed by atoms with Crippen LogP contribution in [0.1, 0.15) is 21.7 Å². The van der Waals surface area contributed by atoms with Crippen molar-refractivity contribution in [2.75, 3.05) is 5.32 Å². The number of benzene rings is 2. The zero-order valence-electron chi connectivity index (χ0n) is 16.9. The minimum absolute atomic E-state index is 0.154. The van der Waals surface area contributed by atoms with Crippen LogP contribution in [0.5, 0.6) is 0 Å². The van der Waals surface area contributed by atoms with Gasteiger partial charge in [0, 0.05) is 17.4 Å². The summed E-state index contributed by atoms with van der Waals surface area (Å²) in [5.41, 5.74) is 3.87. The molecule has 2 aromatic heterocycles. The van der Waals surface area contributed by atoms with Crippen LogP contribution in [0.2, 0.25) is 0 Å². The number of rotatable bonds is 7. The van der Waals surface area contributed by atoms with Crippen LogP contribution >= 0.6 is 11.3 Å². The Hall–Kier alpha value is -3.71. The van der Waals surface area contributed by atoms with E-state index in [1.165, 1.54) is 23.2 Å². The number of hydrogen-bond donors (Lipinski definition) is 2. The van der Waals surface area contributed by atoms with Crippen molar-refractivity contribution >= 4 is 28.3 Å². The average Bonchev–Trinajstić information content (AvgIpc) is 3.47. The lowest BCUT2D eigenvalue weighted by atomic mass is 10.1. The van der Waals surface area contributed by atoms with Gasteiger partial charge in [0.2, 0.25) is 5.91 Å². The maximum atomic E-state index is 13.0. The van der Waals surface area contributed by atoms with Gasteiger partial charge >= 0.3 is 0 Å². The van der Waals surface area contributed by atoms with E-state index in [1.54, 1.807) is 12.1 Å². The third kappa shape index (κ3) is 5.26. The normalized spacial score (nSPS) is 11.6. The highest BCUT2D eigenvalue weighted by atomic mass is 32.1. The molecule has 1 atom stereocenters. The van der Waals surface area contributed by atoms with E-state index in [9.17, 15) is 9.59 Å². The zero-order valence-corrected chi connectivity index (χ0v) is 17.7. The van der Waals surface area contributed by atoms with E-state index < -0.39 is 11.9 Å². The number of hydrogen-bond acceptors (Lipinski definition) is 5. The van der Waals surface area contributed by atoms with Gasteiger partial charge in [0.05, 0.1) is 12.0 Å². The van der Waals surface area contributed by atoms with Crippen LogP contribution in [-0.4, -0.2) is 22.8 Å². The summed E-state index contributed by atoms with van der Waals surface area (Å²) in [6.45, 7) is 2.03. The molecule has 0 spiro atoms. The molecule has 2 amide bonds. The standard InChI is InChI=1S/C24H21N3O3S/c1-16-9-11-18(12-10-16)20-15-31-24(26-20)27-22(28)19(14-17-6-3-2-4-7-17)25-23(29)21-8-5-13-30-21/h2-13,15,19H,14H2,1H3,(H,25,29)(H,26,27,28)/t19-/m0/s1. The Morgan fingerprint density at radius 2 is 1.81 bits per heavy atom. The number of carbonyl (C=O) groups is 2. The quantitative estimate of drug-likeness (QED) is 0.445. The van der Waals surface area contributed by atoms with Gasteiger partial charge in [0.15, 0.2) is 10.9 Å². The Bertz CT molecular complexity index is 1150. The number of nitrogens with one attached hydrogen (secondary N) is 2. The smallest absolute Gasteiger partial charge is 0.287 e. The number of amides is 2. The maximum absolute atomic E-state index is 13.0. The van der Waals surface area contributed by atoms with Gasteiger partial charge in [-0.15, -0.1) is 11.3 Å². The molecule has 0 aliphatic heterocycles. The van der Waals surface area contributed by atoms with E-state index in [-0.39, 0.29) is 11.7 Å². The van der Waals surface area contributed by atoms with E-state index in [0.717, 1.165) is 16.8 Å². The number of aryl methyl sites for hydroxylation is 1. The molecule has 0 bridgehead atoms. The first kappa shape index (κ1) is 20.6. The molecule has 31 heavy (non-hydrogen) atoms. The molecule has 2 heterocycles. The lowest BCUT2D eigenvalue weighted by Crippen LogP contribution is -2.45. The minimum Gasteiger partial charge on any atom is -0.459 e. The second-order valence-electron chi connectivity index (χ2n) is 7.09. The van der Waals surface area contributed by atoms with Gasteiger partial charge in [0.25, 0.3) is 5.91 Å². The maximum Gasteiger partial charge on any atom is 0.287 e. The molecule has 156 valence electrons. The van der Waals surface area contributed by atoms with Crippen LogP contribution in [0.15, 0.2) is 82.8 Å². The molecule has 0 aliphatic rings. The summed E-state index contributed by atoms with van der Waals surface area (Å²) in [5, 5.41) is 7.98. The second kappa shape index (κ2) is 9.40. The molecule has 0 fully saturated rings. The molecular weight excluding hydrogens is 410 g/mol. The van der Waals surface area contributed by atoms with Crippen LogP contribution in [0.4, 0.5) is 5.13 Å². The topological polar surface area (TPSA) is 84.2 Å². The fourth-order valence-corrected chi connectivity index (χ4v) is 3.80. The second-order valence-corrected chi connectivity index (χ2v) is 7.94. The monoisotopic (exact) mass is 431 g/mol. The number of carbonyl (C=O) groups excluding carboxylic acids is 2. The summed E-state index contributed by atoms with van der Waals surface area (Å²) in [7, 11) is 0. The lowest BCUT2D eigenvalue weighted by molar-refractivity contribution is -0.118. The molecule has 0 unspecified atom stereocenters. The first-order valence-corrected chi connectivity index (χ1v) is 10.7. The zero-order chi connectivity index (χ0) is 21.6. The van der Waals surface area contributed by atoms with E-state index in [2.05, 4.69) is 15.6 Å². The summed E-state index contributed by atoms with van der Waals surface area (Å²) in [6.07, 6.45) is 1.76. The molecule has 4 aromatic rings. The van der Waals surface area contributed by atoms with Gasteiger partial charge in [-0.2, -0.15) is 0 Å². The molecule has 0 saturated carbocycles. The highest BCUT2D eigenvalue weighted by Gasteiger charge is 2.24. The van der Waals surface area contributed by atoms with Crippen molar-refractivity contribution in [1.29, 1.82) is 0 Å². The number of furan rings is 1. The van der Waals surface area contributed by atoms with Gasteiger partial charge in [-0.3, -0.25) is 9.59 Å². The average molecular weight is 432 g/mol. The van der Waals surface area contributed by atoms with Crippen LogP contribution in [0.3, 0.4) is 0 Å². The molecule has 0 radical (unpaired) electrons. The molecule has 7 heteroatoms. The number of thiazole rings is 1. The molecule has 0 aliphatic carbocycles. The van der Waals surface area contributed by atoms with Gasteiger partial charge in [-0.25, -0.2) is 4.98 Å². The third-order valence-corrected chi connectivity index (χ3v) is 5.49. The SMILES string of the molecule is Cc1ccc(-c2csc(NC(=O)[C@H](Cc3ccccc3)NC(=O)c3ccco3)n2)cc1. The van der Waals surface area contributed by atoms with Crippen molar-refractivity contribution in [3.05, 3.63) is 95.3 Å². The Labute approximate surface area is 184 Å². The Morgan fingerprint density at radius 3 is 2.52 bits per heavy atom. The third-order valence-electron chi connectivity index (χ3n) is 4.73. The molecule has 0 saturated heterocycles. The van der Waals surface area contributed by atoms with E-state index in [0.29, 0.717) is 11.6 Å². The summed E-state index contributed by atoms with van der Waals surface area (Å²) >= 11 is 1.34. The lowest BCUT2D eigenvalue weighted by Gasteiger charge is -2.17.